The average Bonchev–Trinajstić information content (AvgIpc) is 2.45. The second kappa shape index (κ2) is 4.16. The average molecular weight is 210 g/mol. The second-order valence-electron chi connectivity index (χ2n) is 3.48. The molecule has 0 spiro atoms. The molecular weight excluding hydrogens is 197 g/mol. The standard InChI is InChI=1S/C8H13F3N2O/c1-13-4-2-3-6(13)5-12-7(14)8(9,10)11/h6H,2-5H2,1H3,(H,12,14)/t6-/m0/s1. The minimum atomic E-state index is -4.77. The van der Waals surface area contributed by atoms with Gasteiger partial charge in [0.25, 0.3) is 0 Å². The quantitative estimate of drug-likeness (QED) is 0.729. The first-order valence-electron chi connectivity index (χ1n) is 4.46. The van der Waals surface area contributed by atoms with Gasteiger partial charge in [-0.05, 0) is 26.4 Å². The highest BCUT2D eigenvalue weighted by molar-refractivity contribution is 5.81. The van der Waals surface area contributed by atoms with Crippen LogP contribution in [-0.4, -0.2) is 43.2 Å². The molecule has 0 bridgehead atoms. The van der Waals surface area contributed by atoms with Crippen LogP contribution in [0.2, 0.25) is 0 Å². The molecule has 0 aromatic heterocycles. The molecule has 14 heavy (non-hydrogen) atoms. The van der Waals surface area contributed by atoms with Crippen molar-refractivity contribution in [2.45, 2.75) is 25.1 Å². The summed E-state index contributed by atoms with van der Waals surface area (Å²) >= 11 is 0. The van der Waals surface area contributed by atoms with Gasteiger partial charge in [-0.25, -0.2) is 0 Å². The van der Waals surface area contributed by atoms with E-state index in [0.717, 1.165) is 19.4 Å². The first kappa shape index (κ1) is 11.3. The number of likely N-dealkylation sites (N-methyl/N-ethyl adjacent to an activating group) is 1. The van der Waals surface area contributed by atoms with Gasteiger partial charge >= 0.3 is 12.1 Å². The zero-order chi connectivity index (χ0) is 10.8. The molecule has 1 N–H and O–H groups in total. The van der Waals surface area contributed by atoms with Crippen molar-refractivity contribution in [2.75, 3.05) is 20.1 Å². The molecule has 0 aromatic carbocycles. The highest BCUT2D eigenvalue weighted by Crippen LogP contribution is 2.16. The highest BCUT2D eigenvalue weighted by atomic mass is 19.4. The fourth-order valence-electron chi connectivity index (χ4n) is 1.55. The summed E-state index contributed by atoms with van der Waals surface area (Å²) in [6, 6.07) is 0.0429. The number of nitrogens with zero attached hydrogens (tertiary/aromatic N) is 1. The maximum Gasteiger partial charge on any atom is 0.471 e. The molecule has 0 radical (unpaired) electrons. The van der Waals surface area contributed by atoms with Crippen LogP contribution in [0.4, 0.5) is 13.2 Å². The van der Waals surface area contributed by atoms with E-state index in [0.29, 0.717) is 0 Å². The van der Waals surface area contributed by atoms with Gasteiger partial charge in [-0.3, -0.25) is 4.79 Å². The van der Waals surface area contributed by atoms with Crippen molar-refractivity contribution in [1.29, 1.82) is 0 Å². The van der Waals surface area contributed by atoms with Crippen molar-refractivity contribution in [3.05, 3.63) is 0 Å². The summed E-state index contributed by atoms with van der Waals surface area (Å²) < 4.78 is 35.4. The Kier molecular flexibility index (Phi) is 3.36. The fraction of sp³-hybridized carbons (Fsp3) is 0.875. The van der Waals surface area contributed by atoms with E-state index in [4.69, 9.17) is 0 Å². The van der Waals surface area contributed by atoms with E-state index < -0.39 is 12.1 Å². The van der Waals surface area contributed by atoms with Crippen LogP contribution in [0, 0.1) is 0 Å². The van der Waals surface area contributed by atoms with Crippen molar-refractivity contribution >= 4 is 5.91 Å². The van der Waals surface area contributed by atoms with Crippen LogP contribution in [0.5, 0.6) is 0 Å². The summed E-state index contributed by atoms with van der Waals surface area (Å²) in [6.07, 6.45) is -2.95. The lowest BCUT2D eigenvalue weighted by molar-refractivity contribution is -0.173. The lowest BCUT2D eigenvalue weighted by Crippen LogP contribution is -2.43. The fourth-order valence-corrected chi connectivity index (χ4v) is 1.55. The number of hydrogen-bond donors (Lipinski definition) is 1. The van der Waals surface area contributed by atoms with Crippen molar-refractivity contribution in [1.82, 2.24) is 10.2 Å². The molecule has 1 rings (SSSR count). The van der Waals surface area contributed by atoms with Gasteiger partial charge in [0, 0.05) is 12.6 Å². The van der Waals surface area contributed by atoms with E-state index in [9.17, 15) is 18.0 Å². The molecule has 1 amide bonds. The third kappa shape index (κ3) is 2.87. The molecule has 1 saturated heterocycles. The van der Waals surface area contributed by atoms with Gasteiger partial charge in [0.2, 0.25) is 0 Å². The maximum atomic E-state index is 11.8. The number of nitrogens with one attached hydrogen (secondary N) is 1. The van der Waals surface area contributed by atoms with Crippen molar-refractivity contribution in [3.8, 4) is 0 Å². The SMILES string of the molecule is CN1CCC[C@H]1CNC(=O)C(F)(F)F. The van der Waals surface area contributed by atoms with Crippen molar-refractivity contribution in [3.63, 3.8) is 0 Å². The Balaban J connectivity index is 2.30. The van der Waals surface area contributed by atoms with E-state index in [1.807, 2.05) is 17.3 Å². The summed E-state index contributed by atoms with van der Waals surface area (Å²) in [6.45, 7) is 0.960. The Morgan fingerprint density at radius 3 is 2.64 bits per heavy atom. The van der Waals surface area contributed by atoms with Gasteiger partial charge in [0.1, 0.15) is 0 Å². The molecule has 0 aliphatic carbocycles. The lowest BCUT2D eigenvalue weighted by atomic mass is 10.2. The van der Waals surface area contributed by atoms with E-state index in [2.05, 4.69) is 0 Å². The molecule has 1 atom stereocenters. The summed E-state index contributed by atoms with van der Waals surface area (Å²) in [5, 5.41) is 1.89. The number of alkyl halides is 3. The van der Waals surface area contributed by atoms with Crippen molar-refractivity contribution in [2.24, 2.45) is 0 Å². The summed E-state index contributed by atoms with van der Waals surface area (Å²) in [4.78, 5) is 12.4. The number of hydrogen-bond acceptors (Lipinski definition) is 2. The molecule has 3 nitrogen and oxygen atoms in total. The predicted octanol–water partition coefficient (Wildman–Crippen LogP) is 0.759. The van der Waals surface area contributed by atoms with Crippen LogP contribution in [-0.2, 0) is 4.79 Å². The third-order valence-corrected chi connectivity index (χ3v) is 2.43. The molecule has 0 aromatic rings. The zero-order valence-electron chi connectivity index (χ0n) is 7.90. The smallest absolute Gasteiger partial charge is 0.347 e. The molecule has 1 aliphatic heterocycles. The highest BCUT2D eigenvalue weighted by Gasteiger charge is 2.38. The molecule has 0 saturated carbocycles. The number of likely N-dealkylation sites (tertiary alicyclic amines) is 1. The molecule has 1 fully saturated rings. The number of halogens is 3. The number of amides is 1. The molecular formula is C8H13F3N2O. The largest absolute Gasteiger partial charge is 0.471 e. The van der Waals surface area contributed by atoms with E-state index in [1.165, 1.54) is 0 Å². The summed E-state index contributed by atoms with van der Waals surface area (Å²) in [5.74, 6) is -1.85. The molecule has 1 heterocycles. The van der Waals surface area contributed by atoms with Crippen LogP contribution in [0.1, 0.15) is 12.8 Å². The number of carbonyl (C=O) groups is 1. The van der Waals surface area contributed by atoms with Gasteiger partial charge in [-0.15, -0.1) is 0 Å². The Bertz CT molecular complexity index is 217. The minimum Gasteiger partial charge on any atom is -0.347 e. The van der Waals surface area contributed by atoms with E-state index in [-0.39, 0.29) is 12.6 Å². The molecule has 6 heteroatoms. The predicted molar refractivity (Wildman–Crippen MR) is 44.7 cm³/mol. The number of carbonyl (C=O) groups excluding carboxylic acids is 1. The van der Waals surface area contributed by atoms with Gasteiger partial charge < -0.3 is 10.2 Å². The topological polar surface area (TPSA) is 32.3 Å². The van der Waals surface area contributed by atoms with Gasteiger partial charge in [0.05, 0.1) is 0 Å². The van der Waals surface area contributed by atoms with Crippen LogP contribution in [0.25, 0.3) is 0 Å². The third-order valence-electron chi connectivity index (χ3n) is 2.43. The minimum absolute atomic E-state index is 0.0429. The van der Waals surface area contributed by atoms with E-state index in [1.54, 1.807) is 0 Å². The monoisotopic (exact) mass is 210 g/mol. The van der Waals surface area contributed by atoms with Crippen LogP contribution in [0.15, 0.2) is 0 Å². The van der Waals surface area contributed by atoms with Crippen LogP contribution < -0.4 is 5.32 Å². The van der Waals surface area contributed by atoms with Crippen LogP contribution >= 0.6 is 0 Å². The number of rotatable bonds is 2. The van der Waals surface area contributed by atoms with Gasteiger partial charge in [0.15, 0.2) is 0 Å². The molecule has 0 unspecified atom stereocenters. The molecule has 1 aliphatic rings. The second-order valence-corrected chi connectivity index (χ2v) is 3.48. The van der Waals surface area contributed by atoms with Crippen molar-refractivity contribution < 1.29 is 18.0 Å². The van der Waals surface area contributed by atoms with E-state index >= 15 is 0 Å². The van der Waals surface area contributed by atoms with Crippen LogP contribution in [0.3, 0.4) is 0 Å². The zero-order valence-corrected chi connectivity index (χ0v) is 7.90. The summed E-state index contributed by atoms with van der Waals surface area (Å²) in [5.41, 5.74) is 0. The summed E-state index contributed by atoms with van der Waals surface area (Å²) in [7, 11) is 1.84. The first-order chi connectivity index (χ1) is 6.41. The Hall–Kier alpha value is -0.780. The van der Waals surface area contributed by atoms with Gasteiger partial charge in [-0.1, -0.05) is 0 Å². The molecule has 82 valence electrons. The Morgan fingerprint density at radius 1 is 1.57 bits per heavy atom. The maximum absolute atomic E-state index is 11.8. The Morgan fingerprint density at radius 2 is 2.21 bits per heavy atom. The lowest BCUT2D eigenvalue weighted by Gasteiger charge is -2.19. The first-order valence-corrected chi connectivity index (χ1v) is 4.46. The Labute approximate surface area is 80.3 Å². The van der Waals surface area contributed by atoms with Gasteiger partial charge in [-0.2, -0.15) is 13.2 Å². The normalized spacial score (nSPS) is 23.9.